The Morgan fingerprint density at radius 1 is 0.850 bits per heavy atom. The predicted molar refractivity (Wildman–Crippen MR) is 71.0 cm³/mol. The van der Waals surface area contributed by atoms with Crippen molar-refractivity contribution in [1.82, 2.24) is 0 Å². The molecule has 1 aromatic rings. The Balaban J connectivity index is 2.03. The van der Waals surface area contributed by atoms with Gasteiger partial charge in [0.25, 0.3) is 0 Å². The summed E-state index contributed by atoms with van der Waals surface area (Å²) >= 11 is 0. The number of Topliss-reactive ketones (excluding diaryl/α,β-unsaturated/α-hetero) is 4. The lowest BCUT2D eigenvalue weighted by atomic mass is 9.74. The lowest BCUT2D eigenvalue weighted by Gasteiger charge is -2.24. The third kappa shape index (κ3) is 1.68. The molecule has 0 amide bonds. The highest BCUT2D eigenvalue weighted by molar-refractivity contribution is 6.26. The van der Waals surface area contributed by atoms with Crippen molar-refractivity contribution in [3.8, 4) is 0 Å². The third-order valence-corrected chi connectivity index (χ3v) is 3.97. The minimum Gasteiger partial charge on any atom is -0.299 e. The highest BCUT2D eigenvalue weighted by Gasteiger charge is 2.47. The molecule has 4 heteroatoms. The molecule has 2 aliphatic carbocycles. The third-order valence-electron chi connectivity index (χ3n) is 3.97. The van der Waals surface area contributed by atoms with Crippen molar-refractivity contribution < 1.29 is 19.2 Å². The zero-order valence-electron chi connectivity index (χ0n) is 10.7. The van der Waals surface area contributed by atoms with Crippen molar-refractivity contribution in [2.45, 2.75) is 12.8 Å². The maximum Gasteiger partial charge on any atom is 0.172 e. The van der Waals surface area contributed by atoms with Gasteiger partial charge < -0.3 is 0 Å². The first kappa shape index (κ1) is 12.7. The van der Waals surface area contributed by atoms with Crippen LogP contribution in [0.2, 0.25) is 0 Å². The minimum atomic E-state index is -1.04. The maximum atomic E-state index is 12.4. The Labute approximate surface area is 115 Å². The number of ketones is 4. The molecule has 1 fully saturated rings. The van der Waals surface area contributed by atoms with Gasteiger partial charge in [0.05, 0.1) is 24.7 Å². The molecule has 1 saturated carbocycles. The number of fused-ring (bicyclic) bond motifs is 1. The fraction of sp³-hybridized carbons (Fsp3) is 0.250. The van der Waals surface area contributed by atoms with Crippen molar-refractivity contribution in [1.29, 1.82) is 0 Å². The summed E-state index contributed by atoms with van der Waals surface area (Å²) < 4.78 is 0. The highest BCUT2D eigenvalue weighted by atomic mass is 16.2. The second-order valence-corrected chi connectivity index (χ2v) is 5.22. The van der Waals surface area contributed by atoms with E-state index >= 15 is 0 Å². The van der Waals surface area contributed by atoms with Gasteiger partial charge in [0.15, 0.2) is 17.3 Å². The van der Waals surface area contributed by atoms with Crippen LogP contribution in [0.4, 0.5) is 0 Å². The zero-order valence-corrected chi connectivity index (χ0v) is 10.7. The molecule has 1 aromatic carbocycles. The van der Waals surface area contributed by atoms with E-state index in [0.29, 0.717) is 16.7 Å². The second-order valence-electron chi connectivity index (χ2n) is 5.22. The number of benzene rings is 1. The SMILES string of the molecule is C=C1c2ccccc2C(=O)C1C1C(=O)CC(=O)CC1=O. The van der Waals surface area contributed by atoms with Crippen molar-refractivity contribution in [3.63, 3.8) is 0 Å². The summed E-state index contributed by atoms with van der Waals surface area (Å²) in [6.45, 7) is 3.88. The van der Waals surface area contributed by atoms with Crippen LogP contribution >= 0.6 is 0 Å². The van der Waals surface area contributed by atoms with E-state index in [1.54, 1.807) is 24.3 Å². The summed E-state index contributed by atoms with van der Waals surface area (Å²) in [5, 5.41) is 0. The monoisotopic (exact) mass is 268 g/mol. The van der Waals surface area contributed by atoms with Crippen molar-refractivity contribution in [3.05, 3.63) is 42.0 Å². The average Bonchev–Trinajstić information content (AvgIpc) is 2.64. The molecule has 0 aromatic heterocycles. The average molecular weight is 268 g/mol. The van der Waals surface area contributed by atoms with Gasteiger partial charge >= 0.3 is 0 Å². The van der Waals surface area contributed by atoms with Gasteiger partial charge in [-0.3, -0.25) is 19.2 Å². The molecule has 0 saturated heterocycles. The molecule has 0 aliphatic heterocycles. The Morgan fingerprint density at radius 2 is 1.40 bits per heavy atom. The quantitative estimate of drug-likeness (QED) is 0.726. The van der Waals surface area contributed by atoms with Crippen LogP contribution in [0.1, 0.15) is 28.8 Å². The minimum absolute atomic E-state index is 0.244. The molecule has 0 bridgehead atoms. The van der Waals surface area contributed by atoms with E-state index in [9.17, 15) is 19.2 Å². The Bertz CT molecular complexity index is 628. The van der Waals surface area contributed by atoms with Gasteiger partial charge in [0.1, 0.15) is 5.78 Å². The Morgan fingerprint density at radius 3 is 1.95 bits per heavy atom. The Kier molecular flexibility index (Phi) is 2.74. The van der Waals surface area contributed by atoms with Crippen molar-refractivity contribution in [2.75, 3.05) is 0 Å². The van der Waals surface area contributed by atoms with Crippen LogP contribution in [0.3, 0.4) is 0 Å². The number of hydrogen-bond acceptors (Lipinski definition) is 4. The van der Waals surface area contributed by atoms with Gasteiger partial charge in [0.2, 0.25) is 0 Å². The molecule has 0 N–H and O–H groups in total. The molecular weight excluding hydrogens is 256 g/mol. The molecule has 0 heterocycles. The number of rotatable bonds is 1. The van der Waals surface area contributed by atoms with Crippen LogP contribution in [0.25, 0.3) is 5.57 Å². The molecule has 1 unspecified atom stereocenters. The first-order valence-electron chi connectivity index (χ1n) is 6.40. The molecule has 1 atom stereocenters. The van der Waals surface area contributed by atoms with Crippen molar-refractivity contribution >= 4 is 28.7 Å². The van der Waals surface area contributed by atoms with E-state index in [-0.39, 0.29) is 24.4 Å². The van der Waals surface area contributed by atoms with E-state index < -0.39 is 23.4 Å². The van der Waals surface area contributed by atoms with Gasteiger partial charge in [-0.05, 0) is 11.1 Å². The summed E-state index contributed by atoms with van der Waals surface area (Å²) in [7, 11) is 0. The van der Waals surface area contributed by atoms with E-state index in [2.05, 4.69) is 6.58 Å². The predicted octanol–water partition coefficient (Wildman–Crippen LogP) is 1.63. The van der Waals surface area contributed by atoms with E-state index in [1.807, 2.05) is 0 Å². The smallest absolute Gasteiger partial charge is 0.172 e. The fourth-order valence-electron chi connectivity index (χ4n) is 3.05. The lowest BCUT2D eigenvalue weighted by Crippen LogP contribution is -2.40. The molecule has 0 spiro atoms. The second kappa shape index (κ2) is 4.34. The topological polar surface area (TPSA) is 68.3 Å². The van der Waals surface area contributed by atoms with Crippen LogP contribution in [0, 0.1) is 11.8 Å². The molecule has 2 aliphatic rings. The van der Waals surface area contributed by atoms with Crippen molar-refractivity contribution in [2.24, 2.45) is 11.8 Å². The van der Waals surface area contributed by atoms with Crippen LogP contribution in [0.15, 0.2) is 30.8 Å². The number of carbonyl (C=O) groups excluding carboxylic acids is 4. The first-order chi connectivity index (χ1) is 9.50. The maximum absolute atomic E-state index is 12.4. The van der Waals surface area contributed by atoms with Crippen LogP contribution < -0.4 is 0 Å². The number of carbonyl (C=O) groups is 4. The molecule has 3 rings (SSSR count). The normalized spacial score (nSPS) is 23.4. The zero-order chi connectivity index (χ0) is 14.4. The molecular formula is C16H12O4. The first-order valence-corrected chi connectivity index (χ1v) is 6.40. The van der Waals surface area contributed by atoms with Gasteiger partial charge in [0, 0.05) is 5.56 Å². The summed E-state index contributed by atoms with van der Waals surface area (Å²) in [5.74, 6) is -3.41. The largest absolute Gasteiger partial charge is 0.299 e. The number of allylic oxidation sites excluding steroid dienone is 1. The standard InChI is InChI=1S/C16H12O4/c1-8-10-4-2-3-5-11(10)16(20)14(8)15-12(18)6-9(17)7-13(15)19/h2-5,14-15H,1,6-7H2. The van der Waals surface area contributed by atoms with Crippen LogP contribution in [-0.2, 0) is 14.4 Å². The molecule has 4 nitrogen and oxygen atoms in total. The van der Waals surface area contributed by atoms with Gasteiger partial charge in [-0.2, -0.15) is 0 Å². The molecule has 0 radical (unpaired) electrons. The summed E-state index contributed by atoms with van der Waals surface area (Å²) in [6, 6.07) is 6.96. The lowest BCUT2D eigenvalue weighted by molar-refractivity contribution is -0.141. The van der Waals surface area contributed by atoms with Gasteiger partial charge in [-0.25, -0.2) is 0 Å². The van der Waals surface area contributed by atoms with Crippen LogP contribution in [0.5, 0.6) is 0 Å². The summed E-state index contributed by atoms with van der Waals surface area (Å²) in [6.07, 6.45) is -0.520. The van der Waals surface area contributed by atoms with Crippen LogP contribution in [-0.4, -0.2) is 23.1 Å². The molecule has 20 heavy (non-hydrogen) atoms. The van der Waals surface area contributed by atoms with Gasteiger partial charge in [-0.15, -0.1) is 0 Å². The summed E-state index contributed by atoms with van der Waals surface area (Å²) in [5.41, 5.74) is 1.70. The summed E-state index contributed by atoms with van der Waals surface area (Å²) in [4.78, 5) is 47.7. The highest BCUT2D eigenvalue weighted by Crippen LogP contribution is 2.42. The van der Waals surface area contributed by atoms with E-state index in [4.69, 9.17) is 0 Å². The van der Waals surface area contributed by atoms with Gasteiger partial charge in [-0.1, -0.05) is 30.8 Å². The van der Waals surface area contributed by atoms with E-state index in [0.717, 1.165) is 0 Å². The Hall–Kier alpha value is -2.36. The molecule has 100 valence electrons. The van der Waals surface area contributed by atoms with E-state index in [1.165, 1.54) is 0 Å². The number of hydrogen-bond donors (Lipinski definition) is 0. The fourth-order valence-corrected chi connectivity index (χ4v) is 3.05.